The number of ether oxygens (including phenoxy) is 2. The van der Waals surface area contributed by atoms with Gasteiger partial charge >= 0.3 is 5.63 Å². The second-order valence-electron chi connectivity index (χ2n) is 8.15. The molecule has 4 nitrogen and oxygen atoms in total. The van der Waals surface area contributed by atoms with Gasteiger partial charge in [0.2, 0.25) is 0 Å². The lowest BCUT2D eigenvalue weighted by Gasteiger charge is -2.06. The number of epoxide rings is 1. The summed E-state index contributed by atoms with van der Waals surface area (Å²) in [5, 5.41) is 0.887. The maximum Gasteiger partial charge on any atom is 0.336 e. The van der Waals surface area contributed by atoms with Crippen molar-refractivity contribution in [3.05, 3.63) is 64.1 Å². The summed E-state index contributed by atoms with van der Waals surface area (Å²) in [6.45, 7) is 9.15. The smallest absolute Gasteiger partial charge is 0.336 e. The monoisotopic (exact) mass is 382 g/mol. The molecule has 1 aromatic heterocycles. The van der Waals surface area contributed by atoms with Crippen LogP contribution in [0.25, 0.3) is 11.0 Å². The third kappa shape index (κ3) is 5.83. The number of fused-ring (bicyclic) bond motifs is 1. The van der Waals surface area contributed by atoms with Gasteiger partial charge in [0.15, 0.2) is 0 Å². The van der Waals surface area contributed by atoms with Crippen LogP contribution in [-0.4, -0.2) is 18.3 Å². The molecule has 1 atom stereocenters. The van der Waals surface area contributed by atoms with Crippen LogP contribution < -0.4 is 10.4 Å². The largest absolute Gasteiger partial charge is 0.489 e. The maximum atomic E-state index is 11.3. The molecule has 0 amide bonds. The highest BCUT2D eigenvalue weighted by Crippen LogP contribution is 2.38. The zero-order chi connectivity index (χ0) is 20.1. The van der Waals surface area contributed by atoms with E-state index in [1.807, 2.05) is 12.1 Å². The summed E-state index contributed by atoms with van der Waals surface area (Å²) in [5.41, 5.74) is 3.04. The zero-order valence-electron chi connectivity index (χ0n) is 17.3. The molecule has 0 unspecified atom stereocenters. The van der Waals surface area contributed by atoms with Crippen molar-refractivity contribution in [3.8, 4) is 5.75 Å². The highest BCUT2D eigenvalue weighted by molar-refractivity contribution is 5.77. The van der Waals surface area contributed by atoms with Gasteiger partial charge in [-0.25, -0.2) is 4.79 Å². The Morgan fingerprint density at radius 3 is 2.57 bits per heavy atom. The SMILES string of the molecule is C/C(=C\COc1ccc2ccc(=O)oc2c1)CC/C=C(\C)CC[C@H]1OC1(C)C. The fourth-order valence-electron chi connectivity index (χ4n) is 3.26. The van der Waals surface area contributed by atoms with E-state index < -0.39 is 0 Å². The van der Waals surface area contributed by atoms with Gasteiger partial charge in [-0.05, 0) is 77.7 Å². The van der Waals surface area contributed by atoms with E-state index in [4.69, 9.17) is 13.9 Å². The van der Waals surface area contributed by atoms with E-state index >= 15 is 0 Å². The van der Waals surface area contributed by atoms with Gasteiger partial charge < -0.3 is 13.9 Å². The molecule has 1 aliphatic rings. The number of hydrogen-bond acceptors (Lipinski definition) is 4. The number of hydrogen-bond donors (Lipinski definition) is 0. The zero-order valence-corrected chi connectivity index (χ0v) is 17.3. The van der Waals surface area contributed by atoms with Gasteiger partial charge in [0.1, 0.15) is 17.9 Å². The van der Waals surface area contributed by atoms with Gasteiger partial charge in [-0.15, -0.1) is 0 Å². The fraction of sp³-hybridized carbons (Fsp3) is 0.458. The standard InChI is InChI=1S/C24H30O4/c1-17(8-12-22-24(3,4)28-22)6-5-7-18(2)14-15-26-20-11-9-19-10-13-23(25)27-21(19)16-20/h6,9-11,13-14,16,22H,5,7-8,12,15H2,1-4H3/b17-6+,18-14+/t22-/m1/s1. The molecule has 1 aliphatic heterocycles. The molecular weight excluding hydrogens is 352 g/mol. The van der Waals surface area contributed by atoms with Crippen LogP contribution in [0.5, 0.6) is 5.75 Å². The van der Waals surface area contributed by atoms with Crippen LogP contribution in [0.4, 0.5) is 0 Å². The fourth-order valence-corrected chi connectivity index (χ4v) is 3.26. The molecule has 1 aromatic carbocycles. The summed E-state index contributed by atoms with van der Waals surface area (Å²) in [4.78, 5) is 11.3. The van der Waals surface area contributed by atoms with Crippen LogP contribution in [-0.2, 0) is 4.74 Å². The Morgan fingerprint density at radius 1 is 1.11 bits per heavy atom. The van der Waals surface area contributed by atoms with E-state index in [9.17, 15) is 4.79 Å². The second-order valence-corrected chi connectivity index (χ2v) is 8.15. The van der Waals surface area contributed by atoms with Gasteiger partial charge in [-0.3, -0.25) is 0 Å². The van der Waals surface area contributed by atoms with Crippen molar-refractivity contribution in [1.82, 2.24) is 0 Å². The first-order valence-corrected chi connectivity index (χ1v) is 9.99. The van der Waals surface area contributed by atoms with Crippen molar-refractivity contribution in [1.29, 1.82) is 0 Å². The summed E-state index contributed by atoms with van der Waals surface area (Å²) in [6.07, 6.45) is 9.16. The number of benzene rings is 1. The van der Waals surface area contributed by atoms with E-state index in [2.05, 4.69) is 39.8 Å². The molecule has 0 radical (unpaired) electrons. The van der Waals surface area contributed by atoms with Gasteiger partial charge in [-0.2, -0.15) is 0 Å². The van der Waals surface area contributed by atoms with Crippen molar-refractivity contribution in [2.75, 3.05) is 6.61 Å². The summed E-state index contributed by atoms with van der Waals surface area (Å²) in [5.74, 6) is 0.701. The Bertz CT molecular complexity index is 933. The summed E-state index contributed by atoms with van der Waals surface area (Å²) >= 11 is 0. The lowest BCUT2D eigenvalue weighted by Crippen LogP contribution is -2.02. The van der Waals surface area contributed by atoms with Crippen LogP contribution in [0, 0.1) is 0 Å². The minimum Gasteiger partial charge on any atom is -0.489 e. The number of allylic oxidation sites excluding steroid dienone is 3. The third-order valence-electron chi connectivity index (χ3n) is 5.27. The Kier molecular flexibility index (Phi) is 6.40. The van der Waals surface area contributed by atoms with Crippen molar-refractivity contribution in [2.24, 2.45) is 0 Å². The van der Waals surface area contributed by atoms with Crippen LogP contribution in [0.2, 0.25) is 0 Å². The van der Waals surface area contributed by atoms with E-state index in [1.165, 1.54) is 17.2 Å². The molecule has 0 saturated carbocycles. The Balaban J connectivity index is 1.40. The van der Waals surface area contributed by atoms with E-state index in [0.717, 1.165) is 31.1 Å². The average Bonchev–Trinajstić information content (AvgIpc) is 3.26. The topological polar surface area (TPSA) is 52.0 Å². The highest BCUT2D eigenvalue weighted by atomic mass is 16.6. The highest BCUT2D eigenvalue weighted by Gasteiger charge is 2.46. The first-order valence-electron chi connectivity index (χ1n) is 9.99. The summed E-state index contributed by atoms with van der Waals surface area (Å²) < 4.78 is 16.6. The minimum atomic E-state index is -0.350. The molecule has 4 heteroatoms. The first-order chi connectivity index (χ1) is 13.3. The molecule has 28 heavy (non-hydrogen) atoms. The molecule has 1 fully saturated rings. The molecule has 2 heterocycles. The lowest BCUT2D eigenvalue weighted by atomic mass is 10.0. The Hall–Kier alpha value is -2.33. The maximum absolute atomic E-state index is 11.3. The minimum absolute atomic E-state index is 0.0933. The van der Waals surface area contributed by atoms with Crippen molar-refractivity contribution in [3.63, 3.8) is 0 Å². The predicted octanol–water partition coefficient (Wildman–Crippen LogP) is 5.80. The normalized spacial score (nSPS) is 19.1. The van der Waals surface area contributed by atoms with Crippen molar-refractivity contribution < 1.29 is 13.9 Å². The van der Waals surface area contributed by atoms with Gasteiger partial charge in [0, 0.05) is 17.5 Å². The van der Waals surface area contributed by atoms with Gasteiger partial charge in [-0.1, -0.05) is 17.2 Å². The molecule has 0 aliphatic carbocycles. The van der Waals surface area contributed by atoms with Crippen LogP contribution >= 0.6 is 0 Å². The molecule has 150 valence electrons. The van der Waals surface area contributed by atoms with Crippen LogP contribution in [0.3, 0.4) is 0 Å². The van der Waals surface area contributed by atoms with Crippen LogP contribution in [0.1, 0.15) is 53.4 Å². The quantitative estimate of drug-likeness (QED) is 0.312. The van der Waals surface area contributed by atoms with Crippen LogP contribution in [0.15, 0.2) is 62.8 Å². The first kappa shape index (κ1) is 20.4. The average molecular weight is 383 g/mol. The molecule has 0 bridgehead atoms. The molecule has 0 N–H and O–H groups in total. The van der Waals surface area contributed by atoms with Crippen molar-refractivity contribution >= 4 is 11.0 Å². The Labute approximate surface area is 166 Å². The van der Waals surface area contributed by atoms with E-state index in [-0.39, 0.29) is 11.2 Å². The lowest BCUT2D eigenvalue weighted by molar-refractivity contribution is 0.320. The number of rotatable bonds is 9. The Morgan fingerprint density at radius 2 is 1.82 bits per heavy atom. The van der Waals surface area contributed by atoms with Crippen molar-refractivity contribution in [2.45, 2.75) is 65.1 Å². The third-order valence-corrected chi connectivity index (χ3v) is 5.27. The summed E-state index contributed by atoms with van der Waals surface area (Å²) in [7, 11) is 0. The van der Waals surface area contributed by atoms with Gasteiger partial charge in [0.25, 0.3) is 0 Å². The van der Waals surface area contributed by atoms with Gasteiger partial charge in [0.05, 0.1) is 11.7 Å². The molecule has 2 aromatic rings. The predicted molar refractivity (Wildman–Crippen MR) is 113 cm³/mol. The molecule has 3 rings (SSSR count). The summed E-state index contributed by atoms with van der Waals surface area (Å²) in [6, 6.07) is 8.72. The molecular formula is C24H30O4. The molecule has 0 spiro atoms. The molecule has 1 saturated heterocycles. The second kappa shape index (κ2) is 8.78. The van der Waals surface area contributed by atoms with E-state index in [0.29, 0.717) is 24.0 Å². The van der Waals surface area contributed by atoms with E-state index in [1.54, 1.807) is 12.1 Å².